The first-order valence-corrected chi connectivity index (χ1v) is 9.98. The second-order valence-corrected chi connectivity index (χ2v) is 10.1. The van der Waals surface area contributed by atoms with E-state index in [-0.39, 0.29) is 16.2 Å². The molecule has 1 N–H and O–H groups in total. The van der Waals surface area contributed by atoms with Crippen LogP contribution >= 0.6 is 27.3 Å². The van der Waals surface area contributed by atoms with Crippen molar-refractivity contribution in [3.8, 4) is 0 Å². The summed E-state index contributed by atoms with van der Waals surface area (Å²) in [4.78, 5) is 11.5. The number of rotatable bonds is 3. The number of hydrogen-bond donors (Lipinski definition) is 1. The second kappa shape index (κ2) is 5.64. The number of thiophene rings is 1. The van der Waals surface area contributed by atoms with E-state index >= 15 is 0 Å². The van der Waals surface area contributed by atoms with Crippen LogP contribution in [-0.2, 0) is 14.8 Å². The Balaban J connectivity index is 2.02. The Labute approximate surface area is 136 Å². The summed E-state index contributed by atoms with van der Waals surface area (Å²) in [6, 6.07) is 2.13. The van der Waals surface area contributed by atoms with Crippen molar-refractivity contribution in [3.63, 3.8) is 0 Å². The minimum atomic E-state index is -3.74. The highest BCUT2D eigenvalue weighted by atomic mass is 79.9. The molecular weight excluding hydrogens is 378 g/mol. The van der Waals surface area contributed by atoms with E-state index in [2.05, 4.69) is 15.9 Å². The predicted octanol–water partition coefficient (Wildman–Crippen LogP) is 2.92. The number of nitrogens with zero attached hydrogens (tertiary/aromatic N) is 1. The number of carboxylic acids is 1. The summed E-state index contributed by atoms with van der Waals surface area (Å²) in [5.74, 6) is -0.860. The van der Waals surface area contributed by atoms with E-state index in [0.29, 0.717) is 6.42 Å². The summed E-state index contributed by atoms with van der Waals surface area (Å²) in [6.07, 6.45) is 4.15. The van der Waals surface area contributed by atoms with Crippen molar-refractivity contribution in [2.45, 2.75) is 48.4 Å². The van der Waals surface area contributed by atoms with Gasteiger partial charge in [0.1, 0.15) is 10.3 Å². The Hall–Kier alpha value is -0.440. The van der Waals surface area contributed by atoms with E-state index < -0.39 is 22.0 Å². The maximum absolute atomic E-state index is 12.9. The van der Waals surface area contributed by atoms with Gasteiger partial charge in [-0.2, -0.15) is 4.31 Å². The van der Waals surface area contributed by atoms with Crippen molar-refractivity contribution in [1.82, 2.24) is 4.31 Å². The number of hydrogen-bond acceptors (Lipinski definition) is 4. The first-order chi connectivity index (χ1) is 9.91. The van der Waals surface area contributed by atoms with Gasteiger partial charge in [0, 0.05) is 6.04 Å². The van der Waals surface area contributed by atoms with Crippen molar-refractivity contribution in [2.24, 2.45) is 5.92 Å². The zero-order valence-corrected chi connectivity index (χ0v) is 14.5. The van der Waals surface area contributed by atoms with Gasteiger partial charge in [0.15, 0.2) is 0 Å². The summed E-state index contributed by atoms with van der Waals surface area (Å²) in [7, 11) is -3.74. The highest BCUT2D eigenvalue weighted by Gasteiger charge is 2.51. The largest absolute Gasteiger partial charge is 0.480 e. The Morgan fingerprint density at radius 2 is 2.05 bits per heavy atom. The molecule has 8 heteroatoms. The molecule has 1 aliphatic heterocycles. The third kappa shape index (κ3) is 2.67. The van der Waals surface area contributed by atoms with Crippen LogP contribution in [0.3, 0.4) is 0 Å². The van der Waals surface area contributed by atoms with Crippen LogP contribution < -0.4 is 0 Å². The molecule has 2 heterocycles. The van der Waals surface area contributed by atoms with Gasteiger partial charge in [0.05, 0.1) is 3.79 Å². The molecular formula is C13H16BrNO4S2. The van der Waals surface area contributed by atoms with E-state index in [9.17, 15) is 18.3 Å². The average molecular weight is 394 g/mol. The molecule has 0 aromatic carbocycles. The SMILES string of the molecule is O=C(O)C1CC2CCCCC2N1S(=O)(=O)c1ccc(Br)s1. The van der Waals surface area contributed by atoms with Crippen molar-refractivity contribution in [3.05, 3.63) is 15.9 Å². The van der Waals surface area contributed by atoms with Gasteiger partial charge >= 0.3 is 5.97 Å². The van der Waals surface area contributed by atoms with Crippen LogP contribution in [0.5, 0.6) is 0 Å². The number of aliphatic carboxylic acids is 1. The quantitative estimate of drug-likeness (QED) is 0.856. The summed E-state index contributed by atoms with van der Waals surface area (Å²) in [5, 5.41) is 9.43. The lowest BCUT2D eigenvalue weighted by Crippen LogP contribution is -2.45. The Kier molecular flexibility index (Phi) is 4.15. The zero-order valence-electron chi connectivity index (χ0n) is 11.2. The second-order valence-electron chi connectivity index (χ2n) is 5.60. The highest BCUT2D eigenvalue weighted by molar-refractivity contribution is 9.11. The number of sulfonamides is 1. The Morgan fingerprint density at radius 1 is 1.33 bits per heavy atom. The fraction of sp³-hybridized carbons (Fsp3) is 0.615. The fourth-order valence-electron chi connectivity index (χ4n) is 3.52. The summed E-state index contributed by atoms with van der Waals surface area (Å²) < 4.78 is 28.0. The molecule has 5 nitrogen and oxygen atoms in total. The molecule has 0 bridgehead atoms. The topological polar surface area (TPSA) is 74.7 Å². The molecule has 1 aromatic heterocycles. The van der Waals surface area contributed by atoms with Crippen molar-refractivity contribution in [2.75, 3.05) is 0 Å². The monoisotopic (exact) mass is 393 g/mol. The van der Waals surface area contributed by atoms with Crippen LogP contribution in [0.25, 0.3) is 0 Å². The number of fused-ring (bicyclic) bond motifs is 1. The first-order valence-electron chi connectivity index (χ1n) is 6.93. The smallest absolute Gasteiger partial charge is 0.322 e. The lowest BCUT2D eigenvalue weighted by atomic mass is 9.85. The maximum Gasteiger partial charge on any atom is 0.322 e. The van der Waals surface area contributed by atoms with E-state index in [4.69, 9.17) is 0 Å². The van der Waals surface area contributed by atoms with Crippen molar-refractivity contribution in [1.29, 1.82) is 0 Å². The maximum atomic E-state index is 12.9. The van der Waals surface area contributed by atoms with Crippen LogP contribution in [0.15, 0.2) is 20.1 Å². The molecule has 116 valence electrons. The average Bonchev–Trinajstić information content (AvgIpc) is 3.02. The summed E-state index contributed by atoms with van der Waals surface area (Å²) >= 11 is 4.39. The fourth-order valence-corrected chi connectivity index (χ4v) is 7.50. The van der Waals surface area contributed by atoms with Gasteiger partial charge in [0.25, 0.3) is 10.0 Å². The minimum Gasteiger partial charge on any atom is -0.480 e. The molecule has 3 rings (SSSR count). The summed E-state index contributed by atoms with van der Waals surface area (Å²) in [5.41, 5.74) is 0. The molecule has 1 aliphatic carbocycles. The van der Waals surface area contributed by atoms with Crippen LogP contribution in [0.4, 0.5) is 0 Å². The van der Waals surface area contributed by atoms with Gasteiger partial charge in [-0.15, -0.1) is 11.3 Å². The van der Waals surface area contributed by atoms with Crippen molar-refractivity contribution >= 4 is 43.3 Å². The predicted molar refractivity (Wildman–Crippen MR) is 82.8 cm³/mol. The van der Waals surface area contributed by atoms with Crippen LogP contribution in [-0.4, -0.2) is 35.9 Å². The lowest BCUT2D eigenvalue weighted by Gasteiger charge is -2.31. The van der Waals surface area contributed by atoms with Crippen molar-refractivity contribution < 1.29 is 18.3 Å². The first kappa shape index (κ1) is 15.5. The molecule has 0 radical (unpaired) electrons. The summed E-state index contributed by atoms with van der Waals surface area (Å²) in [6.45, 7) is 0. The Morgan fingerprint density at radius 3 is 2.67 bits per heavy atom. The number of halogens is 1. The normalized spacial score (nSPS) is 30.2. The van der Waals surface area contributed by atoms with Crippen LogP contribution in [0.2, 0.25) is 0 Å². The minimum absolute atomic E-state index is 0.161. The molecule has 3 atom stereocenters. The van der Waals surface area contributed by atoms with E-state index in [1.807, 2.05) is 0 Å². The molecule has 2 fully saturated rings. The molecule has 0 amide bonds. The van der Waals surface area contributed by atoms with Crippen LogP contribution in [0, 0.1) is 5.92 Å². The lowest BCUT2D eigenvalue weighted by molar-refractivity contribution is -0.140. The zero-order chi connectivity index (χ0) is 15.2. The molecule has 0 spiro atoms. The van der Waals surface area contributed by atoms with Gasteiger partial charge in [-0.1, -0.05) is 12.8 Å². The molecule has 21 heavy (non-hydrogen) atoms. The Bertz CT molecular complexity index is 657. The third-order valence-corrected chi connectivity index (χ3v) is 8.42. The van der Waals surface area contributed by atoms with Gasteiger partial charge in [-0.25, -0.2) is 8.42 Å². The third-order valence-electron chi connectivity index (χ3n) is 4.39. The van der Waals surface area contributed by atoms with Gasteiger partial charge in [0.2, 0.25) is 0 Å². The molecule has 1 aromatic rings. The van der Waals surface area contributed by atoms with Gasteiger partial charge < -0.3 is 5.11 Å². The molecule has 3 unspecified atom stereocenters. The number of carboxylic acid groups (broad SMARTS) is 1. The van der Waals surface area contributed by atoms with Gasteiger partial charge in [-0.05, 0) is 53.2 Å². The highest BCUT2D eigenvalue weighted by Crippen LogP contribution is 2.43. The molecule has 1 saturated heterocycles. The molecule has 2 aliphatic rings. The van der Waals surface area contributed by atoms with E-state index in [1.54, 1.807) is 12.1 Å². The standard InChI is InChI=1S/C13H16BrNO4S2/c14-11-5-6-12(20-11)21(18,19)15-9-4-2-1-3-8(9)7-10(15)13(16)17/h5-6,8-10H,1-4,7H2,(H,16,17). The number of carbonyl (C=O) groups is 1. The van der Waals surface area contributed by atoms with Gasteiger partial charge in [-0.3, -0.25) is 4.79 Å². The van der Waals surface area contributed by atoms with E-state index in [1.165, 1.54) is 4.31 Å². The molecule has 1 saturated carbocycles. The van der Waals surface area contributed by atoms with E-state index in [0.717, 1.165) is 40.8 Å². The van der Waals surface area contributed by atoms with Crippen LogP contribution in [0.1, 0.15) is 32.1 Å².